The first-order valence-corrected chi connectivity index (χ1v) is 12.7. The molecule has 1 aromatic carbocycles. The molecule has 0 aliphatic carbocycles. The van der Waals surface area contributed by atoms with Gasteiger partial charge in [0.15, 0.2) is 15.7 Å². The van der Waals surface area contributed by atoms with Crippen molar-refractivity contribution in [1.29, 1.82) is 0 Å². The number of benzene rings is 1. The Morgan fingerprint density at radius 2 is 1.97 bits per heavy atom. The van der Waals surface area contributed by atoms with Crippen molar-refractivity contribution < 1.29 is 22.3 Å². The summed E-state index contributed by atoms with van der Waals surface area (Å²) in [7, 11) is -3.62. The van der Waals surface area contributed by atoms with Crippen LogP contribution in [0, 0.1) is 15.9 Å². The van der Waals surface area contributed by atoms with Gasteiger partial charge in [0.2, 0.25) is 17.5 Å². The predicted octanol–water partition coefficient (Wildman–Crippen LogP) is 3.39. The van der Waals surface area contributed by atoms with E-state index in [-0.39, 0.29) is 34.1 Å². The number of hydrogen-bond acceptors (Lipinski definition) is 10. The van der Waals surface area contributed by atoms with Crippen molar-refractivity contribution in [2.75, 3.05) is 24.2 Å². The van der Waals surface area contributed by atoms with Gasteiger partial charge in [-0.2, -0.15) is 4.98 Å². The first-order valence-electron chi connectivity index (χ1n) is 10.8. The summed E-state index contributed by atoms with van der Waals surface area (Å²) < 4.78 is 43.2. The summed E-state index contributed by atoms with van der Waals surface area (Å²) in [5, 5.41) is 19.9. The number of rotatable bonds is 7. The molecule has 1 radical (unpaired) electrons. The third-order valence-electron chi connectivity index (χ3n) is 5.66. The van der Waals surface area contributed by atoms with Crippen LogP contribution in [0.1, 0.15) is 50.2 Å². The Morgan fingerprint density at radius 3 is 2.54 bits per heavy atom. The van der Waals surface area contributed by atoms with E-state index in [1.807, 2.05) is 13.8 Å². The molecule has 1 aliphatic heterocycles. The highest BCUT2D eigenvalue weighted by Gasteiger charge is 2.32. The van der Waals surface area contributed by atoms with E-state index in [1.54, 1.807) is 4.90 Å². The van der Waals surface area contributed by atoms with E-state index < -0.39 is 26.3 Å². The Labute approximate surface area is 200 Å². The first kappa shape index (κ1) is 24.4. The van der Waals surface area contributed by atoms with Gasteiger partial charge in [-0.15, -0.1) is 0 Å². The van der Waals surface area contributed by atoms with E-state index >= 15 is 0 Å². The summed E-state index contributed by atoms with van der Waals surface area (Å²) in [6.45, 7) is 4.83. The average Bonchev–Trinajstić information content (AvgIpc) is 3.30. The van der Waals surface area contributed by atoms with Crippen LogP contribution in [0.3, 0.4) is 0 Å². The molecule has 0 atom stereocenters. The highest BCUT2D eigenvalue weighted by Crippen LogP contribution is 2.37. The highest BCUT2D eigenvalue weighted by molar-refractivity contribution is 7.90. The number of hydrogen-bond donors (Lipinski definition) is 0. The number of piperidine rings is 1. The molecule has 1 saturated heterocycles. The van der Waals surface area contributed by atoms with Gasteiger partial charge >= 0.3 is 5.69 Å². The lowest BCUT2D eigenvalue weighted by molar-refractivity contribution is -0.383. The Kier molecular flexibility index (Phi) is 6.65. The van der Waals surface area contributed by atoms with Crippen LogP contribution in [-0.4, -0.2) is 52.8 Å². The smallest absolute Gasteiger partial charge is 0.351 e. The zero-order chi connectivity index (χ0) is 25.3. The minimum Gasteiger partial charge on any atom is -0.351 e. The van der Waals surface area contributed by atoms with Gasteiger partial charge in [0.25, 0.3) is 0 Å². The lowest BCUT2D eigenvalue weighted by Crippen LogP contribution is -2.34. The summed E-state index contributed by atoms with van der Waals surface area (Å²) in [6.07, 6.45) is 3.32. The Balaban J connectivity index is 1.56. The van der Waals surface area contributed by atoms with Crippen molar-refractivity contribution in [3.05, 3.63) is 52.2 Å². The van der Waals surface area contributed by atoms with Gasteiger partial charge in [-0.25, -0.2) is 28.1 Å². The van der Waals surface area contributed by atoms with Crippen LogP contribution >= 0.6 is 0 Å². The molecule has 1 fully saturated rings. The van der Waals surface area contributed by atoms with Gasteiger partial charge in [0.05, 0.1) is 9.82 Å². The lowest BCUT2D eigenvalue weighted by Gasteiger charge is -2.30. The van der Waals surface area contributed by atoms with Crippen molar-refractivity contribution in [3.8, 4) is 0 Å². The second kappa shape index (κ2) is 9.52. The number of anilines is 1. The third kappa shape index (κ3) is 5.21. The fourth-order valence-electron chi connectivity index (χ4n) is 3.75. The van der Waals surface area contributed by atoms with E-state index in [0.717, 1.165) is 24.7 Å². The average molecular weight is 505 g/mol. The number of nitrogens with zero attached hydrogens (tertiary/aromatic N) is 7. The van der Waals surface area contributed by atoms with Crippen molar-refractivity contribution in [1.82, 2.24) is 25.4 Å². The van der Waals surface area contributed by atoms with Gasteiger partial charge in [-0.1, -0.05) is 19.0 Å². The topological polar surface area (TPSA) is 159 Å². The number of halogens is 1. The standard InChI is InChI=1S/C21H23FN7O5S/c1-12(2)18-26-21(34-27-18)13-6-8-28(9-7-13)20-17(29(30)31)19(23-11-24-20)25-16-5-4-14(10-15(16)22)35(3,32)33/h4-5,10-13H,6-9H2,1-3H3. The molecule has 0 saturated carbocycles. The van der Waals surface area contributed by atoms with Crippen LogP contribution in [0.25, 0.3) is 0 Å². The molecule has 185 valence electrons. The number of nitro groups is 1. The summed E-state index contributed by atoms with van der Waals surface area (Å²) in [5.74, 6) is 0.162. The van der Waals surface area contributed by atoms with Crippen molar-refractivity contribution in [2.24, 2.45) is 0 Å². The molecule has 2 aromatic heterocycles. The molecule has 0 bridgehead atoms. The van der Waals surface area contributed by atoms with Crippen LogP contribution in [0.15, 0.2) is 33.9 Å². The molecule has 35 heavy (non-hydrogen) atoms. The maximum atomic E-state index is 14.5. The van der Waals surface area contributed by atoms with Crippen molar-refractivity contribution in [2.45, 2.75) is 43.4 Å². The quantitative estimate of drug-likeness (QED) is 0.345. The molecular weight excluding hydrogens is 481 g/mol. The van der Waals surface area contributed by atoms with Gasteiger partial charge in [0.1, 0.15) is 17.8 Å². The largest absolute Gasteiger partial charge is 0.355 e. The zero-order valence-electron chi connectivity index (χ0n) is 19.3. The van der Waals surface area contributed by atoms with Gasteiger partial charge in [0, 0.05) is 31.2 Å². The Hall–Kier alpha value is -3.68. The van der Waals surface area contributed by atoms with Crippen LogP contribution in [0.5, 0.6) is 0 Å². The molecule has 1 aliphatic rings. The van der Waals surface area contributed by atoms with Crippen LogP contribution in [-0.2, 0) is 9.84 Å². The van der Waals surface area contributed by atoms with E-state index in [9.17, 15) is 22.9 Å². The number of aromatic nitrogens is 4. The van der Waals surface area contributed by atoms with Crippen LogP contribution < -0.4 is 10.2 Å². The number of sulfone groups is 1. The second-order valence-corrected chi connectivity index (χ2v) is 10.5. The fourth-order valence-corrected chi connectivity index (χ4v) is 4.38. The van der Waals surface area contributed by atoms with Gasteiger partial charge in [-0.05, 0) is 31.0 Å². The molecule has 14 heteroatoms. The predicted molar refractivity (Wildman–Crippen MR) is 122 cm³/mol. The normalized spacial score (nSPS) is 14.9. The van der Waals surface area contributed by atoms with E-state index in [1.165, 1.54) is 6.07 Å². The fraction of sp³-hybridized carbons (Fsp3) is 0.429. The van der Waals surface area contributed by atoms with Crippen molar-refractivity contribution in [3.63, 3.8) is 0 Å². The van der Waals surface area contributed by atoms with Crippen LogP contribution in [0.4, 0.5) is 27.4 Å². The Bertz CT molecular complexity index is 1350. The summed E-state index contributed by atoms with van der Waals surface area (Å²) in [6, 6.07) is 3.13. The van der Waals surface area contributed by atoms with Crippen molar-refractivity contribution >= 4 is 32.8 Å². The molecule has 0 spiro atoms. The molecule has 3 aromatic rings. The SMILES string of the molecule is CC(C)c1noc(C2CCN(c3ncnc([N]c4ccc(S(C)(=O)=O)cc4F)c3[N+](=O)[O-])CC2)n1. The molecule has 3 heterocycles. The van der Waals surface area contributed by atoms with Gasteiger partial charge in [-0.3, -0.25) is 10.1 Å². The van der Waals surface area contributed by atoms with E-state index in [4.69, 9.17) is 4.52 Å². The Morgan fingerprint density at radius 1 is 1.26 bits per heavy atom. The maximum Gasteiger partial charge on any atom is 0.355 e. The molecule has 0 N–H and O–H groups in total. The first-order chi connectivity index (χ1) is 16.5. The summed E-state index contributed by atoms with van der Waals surface area (Å²) >= 11 is 0. The minimum atomic E-state index is -3.62. The third-order valence-corrected chi connectivity index (χ3v) is 6.77. The second-order valence-electron chi connectivity index (χ2n) is 8.53. The van der Waals surface area contributed by atoms with Crippen LogP contribution in [0.2, 0.25) is 0 Å². The minimum absolute atomic E-state index is 0.0266. The monoisotopic (exact) mass is 504 g/mol. The molecular formula is C21H23FN7O5S. The summed E-state index contributed by atoms with van der Waals surface area (Å²) in [4.78, 5) is 25.2. The maximum absolute atomic E-state index is 14.5. The van der Waals surface area contributed by atoms with E-state index in [0.29, 0.717) is 37.6 Å². The molecule has 0 amide bonds. The molecule has 0 unspecified atom stereocenters. The molecule has 4 rings (SSSR count). The molecule has 12 nitrogen and oxygen atoms in total. The van der Waals surface area contributed by atoms with E-state index in [2.05, 4.69) is 25.4 Å². The summed E-state index contributed by atoms with van der Waals surface area (Å²) in [5.41, 5.74) is -0.737. The van der Waals surface area contributed by atoms with Gasteiger partial charge < -0.3 is 9.42 Å². The highest BCUT2D eigenvalue weighted by atomic mass is 32.2. The zero-order valence-corrected chi connectivity index (χ0v) is 20.1. The lowest BCUT2D eigenvalue weighted by atomic mass is 9.96.